The number of carbonyl (C=O) groups is 1. The van der Waals surface area contributed by atoms with Gasteiger partial charge in [-0.15, -0.1) is 0 Å². The van der Waals surface area contributed by atoms with Crippen molar-refractivity contribution >= 4 is 22.8 Å². The molecule has 2 nitrogen and oxygen atoms in total. The Balaban J connectivity index is 2.33. The predicted molar refractivity (Wildman–Crippen MR) is 68.0 cm³/mol. The molecular weight excluding hydrogens is 212 g/mol. The van der Waals surface area contributed by atoms with E-state index < -0.39 is 0 Å². The van der Waals surface area contributed by atoms with Gasteiger partial charge in [0.1, 0.15) is 0 Å². The first kappa shape index (κ1) is 10.1. The van der Waals surface area contributed by atoms with E-state index in [4.69, 9.17) is 4.74 Å². The smallest absolute Gasteiger partial charge is 0.337 e. The van der Waals surface area contributed by atoms with Crippen LogP contribution in [-0.2, 0) is 11.2 Å². The molecular formula is C15H12O2. The number of esters is 1. The van der Waals surface area contributed by atoms with Gasteiger partial charge in [-0.3, -0.25) is 0 Å². The number of methoxy groups -OCH3 is 1. The summed E-state index contributed by atoms with van der Waals surface area (Å²) in [5.41, 5.74) is 3.03. The Hall–Kier alpha value is -2.09. The summed E-state index contributed by atoms with van der Waals surface area (Å²) < 4.78 is 4.77. The minimum Gasteiger partial charge on any atom is -0.465 e. The highest BCUT2D eigenvalue weighted by Crippen LogP contribution is 2.29. The number of hydrogen-bond acceptors (Lipinski definition) is 2. The van der Waals surface area contributed by atoms with Crippen LogP contribution in [-0.4, -0.2) is 13.1 Å². The zero-order valence-electron chi connectivity index (χ0n) is 9.57. The van der Waals surface area contributed by atoms with Crippen LogP contribution in [0, 0.1) is 0 Å². The van der Waals surface area contributed by atoms with Crippen molar-refractivity contribution in [2.75, 3.05) is 7.11 Å². The lowest BCUT2D eigenvalue weighted by Gasteiger charge is -2.13. The van der Waals surface area contributed by atoms with Crippen molar-refractivity contribution in [1.29, 1.82) is 0 Å². The van der Waals surface area contributed by atoms with E-state index in [-0.39, 0.29) is 5.97 Å². The van der Waals surface area contributed by atoms with Crippen LogP contribution >= 0.6 is 0 Å². The Kier molecular flexibility index (Phi) is 2.22. The summed E-state index contributed by atoms with van der Waals surface area (Å²) in [6, 6.07) is 9.99. The summed E-state index contributed by atoms with van der Waals surface area (Å²) >= 11 is 0. The third-order valence-electron chi connectivity index (χ3n) is 3.15. The molecule has 0 heterocycles. The number of allylic oxidation sites excluding steroid dienone is 1. The second kappa shape index (κ2) is 3.74. The fourth-order valence-electron chi connectivity index (χ4n) is 2.39. The molecule has 17 heavy (non-hydrogen) atoms. The highest BCUT2D eigenvalue weighted by Gasteiger charge is 2.13. The quantitative estimate of drug-likeness (QED) is 0.695. The predicted octanol–water partition coefficient (Wildman–Crippen LogP) is 3.20. The molecule has 0 fully saturated rings. The summed E-state index contributed by atoms with van der Waals surface area (Å²) in [7, 11) is 1.41. The van der Waals surface area contributed by atoms with Crippen molar-refractivity contribution in [3.8, 4) is 0 Å². The first-order chi connectivity index (χ1) is 8.29. The molecule has 1 aliphatic rings. The second-order valence-corrected chi connectivity index (χ2v) is 4.18. The summed E-state index contributed by atoms with van der Waals surface area (Å²) in [4.78, 5) is 11.6. The monoisotopic (exact) mass is 224 g/mol. The van der Waals surface area contributed by atoms with Crippen molar-refractivity contribution in [3.63, 3.8) is 0 Å². The molecule has 0 radical (unpaired) electrons. The van der Waals surface area contributed by atoms with Gasteiger partial charge in [-0.05, 0) is 40.5 Å². The normalized spacial score (nSPS) is 12.8. The van der Waals surface area contributed by atoms with E-state index >= 15 is 0 Å². The van der Waals surface area contributed by atoms with E-state index in [0.717, 1.165) is 17.4 Å². The second-order valence-electron chi connectivity index (χ2n) is 4.18. The molecule has 0 spiro atoms. The van der Waals surface area contributed by atoms with Crippen LogP contribution in [0.25, 0.3) is 16.8 Å². The number of benzene rings is 2. The Labute approximate surface area is 99.5 Å². The van der Waals surface area contributed by atoms with Crippen molar-refractivity contribution in [2.45, 2.75) is 6.42 Å². The van der Waals surface area contributed by atoms with E-state index in [1.54, 1.807) is 0 Å². The van der Waals surface area contributed by atoms with Gasteiger partial charge < -0.3 is 4.74 Å². The minimum atomic E-state index is -0.285. The van der Waals surface area contributed by atoms with Crippen molar-refractivity contribution in [1.82, 2.24) is 0 Å². The first-order valence-corrected chi connectivity index (χ1v) is 5.60. The highest BCUT2D eigenvalue weighted by atomic mass is 16.5. The molecule has 3 rings (SSSR count). The fraction of sp³-hybridized carbons (Fsp3) is 0.133. The fourth-order valence-corrected chi connectivity index (χ4v) is 2.39. The number of carbonyl (C=O) groups excluding carboxylic acids is 1. The minimum absolute atomic E-state index is 0.285. The van der Waals surface area contributed by atoms with Gasteiger partial charge in [0.25, 0.3) is 0 Å². The molecule has 0 aliphatic heterocycles. The molecule has 0 aromatic heterocycles. The largest absolute Gasteiger partial charge is 0.465 e. The summed E-state index contributed by atoms with van der Waals surface area (Å²) in [6.07, 6.45) is 5.15. The van der Waals surface area contributed by atoms with E-state index in [9.17, 15) is 4.79 Å². The SMILES string of the molecule is COC(=O)c1cc2c3c(cccc3c1)CC=C2. The first-order valence-electron chi connectivity index (χ1n) is 5.60. The molecule has 2 aromatic rings. The molecule has 0 saturated heterocycles. The van der Waals surface area contributed by atoms with Crippen LogP contribution in [0.1, 0.15) is 21.5 Å². The summed E-state index contributed by atoms with van der Waals surface area (Å²) in [5.74, 6) is -0.285. The number of ether oxygens (including phenoxy) is 1. The van der Waals surface area contributed by atoms with Gasteiger partial charge in [0.2, 0.25) is 0 Å². The lowest BCUT2D eigenvalue weighted by atomic mass is 9.91. The average Bonchev–Trinajstić information content (AvgIpc) is 2.38. The summed E-state index contributed by atoms with van der Waals surface area (Å²) in [6.45, 7) is 0. The van der Waals surface area contributed by atoms with Crippen molar-refractivity contribution in [3.05, 3.63) is 53.1 Å². The lowest BCUT2D eigenvalue weighted by Crippen LogP contribution is -2.03. The maximum absolute atomic E-state index is 11.6. The van der Waals surface area contributed by atoms with Crippen LogP contribution in [0.4, 0.5) is 0 Å². The van der Waals surface area contributed by atoms with Crippen LogP contribution in [0.3, 0.4) is 0 Å². The standard InChI is InChI=1S/C15H12O2/c1-17-15(16)13-8-11-6-2-4-10-5-3-7-12(9-13)14(10)11/h2-4,6-9H,5H2,1H3. The van der Waals surface area contributed by atoms with E-state index in [2.05, 4.69) is 18.2 Å². The van der Waals surface area contributed by atoms with Gasteiger partial charge in [-0.2, -0.15) is 0 Å². The maximum atomic E-state index is 11.6. The molecule has 2 aromatic carbocycles. The zero-order valence-corrected chi connectivity index (χ0v) is 9.57. The van der Waals surface area contributed by atoms with Crippen LogP contribution in [0.2, 0.25) is 0 Å². The number of hydrogen-bond donors (Lipinski definition) is 0. The average molecular weight is 224 g/mol. The van der Waals surface area contributed by atoms with Crippen LogP contribution in [0.15, 0.2) is 36.4 Å². The van der Waals surface area contributed by atoms with Crippen LogP contribution < -0.4 is 0 Å². The van der Waals surface area contributed by atoms with Crippen molar-refractivity contribution in [2.24, 2.45) is 0 Å². The molecule has 0 saturated carbocycles. The third-order valence-corrected chi connectivity index (χ3v) is 3.15. The summed E-state index contributed by atoms with van der Waals surface area (Å²) in [5, 5.41) is 2.35. The topological polar surface area (TPSA) is 26.3 Å². The van der Waals surface area contributed by atoms with Crippen molar-refractivity contribution < 1.29 is 9.53 Å². The van der Waals surface area contributed by atoms with Gasteiger partial charge in [0.15, 0.2) is 0 Å². The molecule has 0 amide bonds. The van der Waals surface area contributed by atoms with E-state index in [0.29, 0.717) is 5.56 Å². The Morgan fingerprint density at radius 3 is 3.00 bits per heavy atom. The Bertz CT molecular complexity index is 639. The molecule has 0 N–H and O–H groups in total. The molecule has 0 atom stereocenters. The molecule has 2 heteroatoms. The maximum Gasteiger partial charge on any atom is 0.337 e. The van der Waals surface area contributed by atoms with Gasteiger partial charge in [-0.1, -0.05) is 30.4 Å². The van der Waals surface area contributed by atoms with Gasteiger partial charge in [0, 0.05) is 0 Å². The molecule has 84 valence electrons. The van der Waals surface area contributed by atoms with Gasteiger partial charge in [-0.25, -0.2) is 4.79 Å². The molecule has 0 unspecified atom stereocenters. The molecule has 0 bridgehead atoms. The Morgan fingerprint density at radius 2 is 2.18 bits per heavy atom. The van der Waals surface area contributed by atoms with Gasteiger partial charge >= 0.3 is 5.97 Å². The Morgan fingerprint density at radius 1 is 1.29 bits per heavy atom. The highest BCUT2D eigenvalue weighted by molar-refractivity contribution is 6.01. The zero-order chi connectivity index (χ0) is 11.8. The number of rotatable bonds is 1. The van der Waals surface area contributed by atoms with Crippen LogP contribution in [0.5, 0.6) is 0 Å². The van der Waals surface area contributed by atoms with E-state index in [1.807, 2.05) is 24.3 Å². The lowest BCUT2D eigenvalue weighted by molar-refractivity contribution is 0.0601. The molecule has 1 aliphatic carbocycles. The van der Waals surface area contributed by atoms with Gasteiger partial charge in [0.05, 0.1) is 12.7 Å². The van der Waals surface area contributed by atoms with E-state index in [1.165, 1.54) is 18.1 Å². The third kappa shape index (κ3) is 1.53.